The predicted octanol–water partition coefficient (Wildman–Crippen LogP) is 1.41. The van der Waals surface area contributed by atoms with Gasteiger partial charge in [-0.3, -0.25) is 19.7 Å². The molecule has 0 aliphatic carbocycles. The number of carboxylic acids is 1. The van der Waals surface area contributed by atoms with Gasteiger partial charge in [-0.15, -0.1) is 11.3 Å². The average Bonchev–Trinajstić information content (AvgIpc) is 3.23. The topological polar surface area (TPSA) is 131 Å². The van der Waals surface area contributed by atoms with Gasteiger partial charge in [0.05, 0.1) is 38.0 Å². The third-order valence-electron chi connectivity index (χ3n) is 3.22. The van der Waals surface area contributed by atoms with Gasteiger partial charge >= 0.3 is 11.9 Å². The Kier molecular flexibility index (Phi) is 7.30. The molecular formula is C16H19N3O6S. The number of ether oxygens (including phenoxy) is 1. The fourth-order valence-electron chi connectivity index (χ4n) is 2.04. The van der Waals surface area contributed by atoms with Crippen molar-refractivity contribution >= 4 is 34.3 Å². The lowest BCUT2D eigenvalue weighted by Gasteiger charge is -2.12. The minimum absolute atomic E-state index is 0.0165. The zero-order valence-electron chi connectivity index (χ0n) is 14.1. The number of anilines is 1. The summed E-state index contributed by atoms with van der Waals surface area (Å²) in [4.78, 5) is 38.9. The summed E-state index contributed by atoms with van der Waals surface area (Å²) in [6, 6.07) is 2.32. The van der Waals surface area contributed by atoms with Crippen molar-refractivity contribution in [2.24, 2.45) is 0 Å². The van der Waals surface area contributed by atoms with Crippen LogP contribution in [0.1, 0.15) is 24.8 Å². The lowest BCUT2D eigenvalue weighted by molar-refractivity contribution is -0.142. The van der Waals surface area contributed by atoms with E-state index < -0.39 is 23.9 Å². The normalized spacial score (nSPS) is 11.7. The van der Waals surface area contributed by atoms with Gasteiger partial charge in [-0.1, -0.05) is 0 Å². The Morgan fingerprint density at radius 1 is 1.42 bits per heavy atom. The number of carbonyl (C=O) groups is 3. The molecule has 2 aromatic heterocycles. The Morgan fingerprint density at radius 2 is 2.23 bits per heavy atom. The molecule has 1 amide bonds. The largest absolute Gasteiger partial charge is 0.480 e. The number of amides is 1. The van der Waals surface area contributed by atoms with Gasteiger partial charge in [-0.2, -0.15) is 0 Å². The number of esters is 1. The summed E-state index contributed by atoms with van der Waals surface area (Å²) in [5, 5.41) is 16.5. The summed E-state index contributed by atoms with van der Waals surface area (Å²) in [5.74, 6) is -1.47. The van der Waals surface area contributed by atoms with Crippen LogP contribution in [0, 0.1) is 0 Å². The number of thiazole rings is 1. The van der Waals surface area contributed by atoms with E-state index in [0.29, 0.717) is 16.6 Å². The number of carbonyl (C=O) groups excluding carboxylic acids is 2. The molecule has 0 aliphatic heterocycles. The molecular weight excluding hydrogens is 362 g/mol. The number of rotatable bonds is 10. The van der Waals surface area contributed by atoms with Crippen LogP contribution in [0.5, 0.6) is 0 Å². The first-order valence-electron chi connectivity index (χ1n) is 7.86. The minimum atomic E-state index is -1.14. The van der Waals surface area contributed by atoms with Crippen LogP contribution >= 0.6 is 11.3 Å². The van der Waals surface area contributed by atoms with E-state index in [2.05, 4.69) is 15.6 Å². The van der Waals surface area contributed by atoms with Gasteiger partial charge in [-0.05, 0) is 19.1 Å². The smallest absolute Gasteiger partial charge is 0.321 e. The summed E-state index contributed by atoms with van der Waals surface area (Å²) < 4.78 is 9.94. The molecule has 9 nitrogen and oxygen atoms in total. The van der Waals surface area contributed by atoms with Crippen LogP contribution in [0.4, 0.5) is 5.13 Å². The summed E-state index contributed by atoms with van der Waals surface area (Å²) in [7, 11) is 0. The van der Waals surface area contributed by atoms with Crippen LogP contribution in [-0.2, 0) is 32.1 Å². The number of aromatic nitrogens is 1. The van der Waals surface area contributed by atoms with Crippen LogP contribution in [0.3, 0.4) is 0 Å². The third kappa shape index (κ3) is 6.30. The van der Waals surface area contributed by atoms with E-state index in [9.17, 15) is 19.5 Å². The highest BCUT2D eigenvalue weighted by Gasteiger charge is 2.22. The summed E-state index contributed by atoms with van der Waals surface area (Å²) in [5.41, 5.74) is 0.481. The number of furan rings is 1. The number of nitrogens with zero attached hydrogens (tertiary/aromatic N) is 1. The number of carboxylic acid groups (broad SMARTS) is 1. The van der Waals surface area contributed by atoms with Crippen molar-refractivity contribution < 1.29 is 28.6 Å². The highest BCUT2D eigenvalue weighted by atomic mass is 32.1. The van der Waals surface area contributed by atoms with Crippen molar-refractivity contribution in [3.05, 3.63) is 35.2 Å². The van der Waals surface area contributed by atoms with E-state index >= 15 is 0 Å². The monoisotopic (exact) mass is 381 g/mol. The Morgan fingerprint density at radius 3 is 2.88 bits per heavy atom. The molecule has 3 N–H and O–H groups in total. The zero-order valence-corrected chi connectivity index (χ0v) is 14.9. The quantitative estimate of drug-likeness (QED) is 0.527. The Hall–Kier alpha value is -2.72. The zero-order chi connectivity index (χ0) is 18.9. The van der Waals surface area contributed by atoms with Gasteiger partial charge in [0.15, 0.2) is 5.13 Å². The van der Waals surface area contributed by atoms with E-state index in [4.69, 9.17) is 9.15 Å². The van der Waals surface area contributed by atoms with Crippen molar-refractivity contribution in [1.82, 2.24) is 10.3 Å². The van der Waals surface area contributed by atoms with E-state index in [-0.39, 0.29) is 26.0 Å². The molecule has 0 fully saturated rings. The lowest BCUT2D eigenvalue weighted by atomic mass is 10.2. The van der Waals surface area contributed by atoms with Gasteiger partial charge in [0.1, 0.15) is 11.8 Å². The first-order chi connectivity index (χ1) is 12.5. The molecule has 0 saturated heterocycles. The van der Waals surface area contributed by atoms with Gasteiger partial charge in [-0.25, -0.2) is 4.98 Å². The molecule has 0 saturated carbocycles. The molecule has 140 valence electrons. The Balaban J connectivity index is 1.84. The maximum atomic E-state index is 12.1. The number of aliphatic carboxylic acids is 1. The molecule has 2 aromatic rings. The molecule has 0 aliphatic rings. The molecule has 26 heavy (non-hydrogen) atoms. The van der Waals surface area contributed by atoms with Crippen LogP contribution < -0.4 is 10.6 Å². The molecule has 0 aromatic carbocycles. The number of hydrogen-bond acceptors (Lipinski definition) is 8. The van der Waals surface area contributed by atoms with Gasteiger partial charge in [0.2, 0.25) is 5.91 Å². The first kappa shape index (κ1) is 19.6. The van der Waals surface area contributed by atoms with Crippen LogP contribution in [0.2, 0.25) is 0 Å². The van der Waals surface area contributed by atoms with Crippen molar-refractivity contribution in [2.75, 3.05) is 11.9 Å². The molecule has 0 radical (unpaired) electrons. The molecule has 0 spiro atoms. The second-order valence-corrected chi connectivity index (χ2v) is 6.09. The standard InChI is InChI=1S/C16H19N3O6S/c1-2-24-14(21)6-10-9-26-16(18-10)19-13(20)7-12(15(22)23)17-8-11-4-3-5-25-11/h3-5,9,12,17H,2,6-8H2,1H3,(H,22,23)(H,18,19,20)/t12-/m1/s1. The number of hydrogen-bond donors (Lipinski definition) is 3. The lowest BCUT2D eigenvalue weighted by Crippen LogP contribution is -2.39. The van der Waals surface area contributed by atoms with Gasteiger partial charge in [0, 0.05) is 5.38 Å². The summed E-state index contributed by atoms with van der Waals surface area (Å²) in [6.07, 6.45) is 1.22. The van der Waals surface area contributed by atoms with Gasteiger partial charge in [0.25, 0.3) is 0 Å². The van der Waals surface area contributed by atoms with Crippen LogP contribution in [0.15, 0.2) is 28.2 Å². The number of nitrogens with one attached hydrogen (secondary N) is 2. The Labute approximate surface area is 153 Å². The van der Waals surface area contributed by atoms with Gasteiger partial charge < -0.3 is 19.6 Å². The molecule has 0 bridgehead atoms. The first-order valence-corrected chi connectivity index (χ1v) is 8.74. The highest BCUT2D eigenvalue weighted by Crippen LogP contribution is 2.16. The second kappa shape index (κ2) is 9.68. The highest BCUT2D eigenvalue weighted by molar-refractivity contribution is 7.13. The predicted molar refractivity (Wildman–Crippen MR) is 92.7 cm³/mol. The minimum Gasteiger partial charge on any atom is -0.480 e. The molecule has 1 atom stereocenters. The van der Waals surface area contributed by atoms with Crippen LogP contribution in [0.25, 0.3) is 0 Å². The molecule has 10 heteroatoms. The van der Waals surface area contributed by atoms with E-state index in [0.717, 1.165) is 11.3 Å². The van der Waals surface area contributed by atoms with Crippen LogP contribution in [-0.4, -0.2) is 40.6 Å². The fourth-order valence-corrected chi connectivity index (χ4v) is 2.77. The maximum absolute atomic E-state index is 12.1. The Bertz CT molecular complexity index is 743. The van der Waals surface area contributed by atoms with E-state index in [1.54, 1.807) is 24.4 Å². The summed E-state index contributed by atoms with van der Waals surface area (Å²) in [6.45, 7) is 2.19. The molecule has 2 heterocycles. The van der Waals surface area contributed by atoms with E-state index in [1.165, 1.54) is 6.26 Å². The van der Waals surface area contributed by atoms with Crippen molar-refractivity contribution in [2.45, 2.75) is 32.4 Å². The van der Waals surface area contributed by atoms with E-state index in [1.807, 2.05) is 0 Å². The fraction of sp³-hybridized carbons (Fsp3) is 0.375. The molecule has 2 rings (SSSR count). The molecule has 0 unspecified atom stereocenters. The van der Waals surface area contributed by atoms with Crippen molar-refractivity contribution in [3.63, 3.8) is 0 Å². The maximum Gasteiger partial charge on any atom is 0.321 e. The SMILES string of the molecule is CCOC(=O)Cc1csc(NC(=O)C[C@@H](NCc2ccco2)C(=O)O)n1. The third-order valence-corrected chi connectivity index (χ3v) is 4.03. The second-order valence-electron chi connectivity index (χ2n) is 5.23. The average molecular weight is 381 g/mol. The van der Waals surface area contributed by atoms with Crippen molar-refractivity contribution in [3.8, 4) is 0 Å². The summed E-state index contributed by atoms with van der Waals surface area (Å²) >= 11 is 1.15. The van der Waals surface area contributed by atoms with Crippen molar-refractivity contribution in [1.29, 1.82) is 0 Å².